The smallest absolute Gasteiger partial charge is 0.155 e. The highest BCUT2D eigenvalue weighted by Crippen LogP contribution is 2.31. The highest BCUT2D eigenvalue weighted by molar-refractivity contribution is 7.99. The molecule has 0 spiro atoms. The van der Waals surface area contributed by atoms with Crippen molar-refractivity contribution in [3.63, 3.8) is 0 Å². The number of nitrogens with one attached hydrogen (secondary N) is 1. The number of ketones is 2. The van der Waals surface area contributed by atoms with E-state index in [0.717, 1.165) is 25.0 Å². The topological polar surface area (TPSA) is 124 Å². The summed E-state index contributed by atoms with van der Waals surface area (Å²) in [5, 5.41) is 23.8. The molecule has 0 amide bonds. The molecule has 0 fully saturated rings. The summed E-state index contributed by atoms with van der Waals surface area (Å²) >= 11 is 3.21. The second kappa shape index (κ2) is 25.8. The van der Waals surface area contributed by atoms with E-state index in [-0.39, 0.29) is 36.1 Å². The zero-order valence-electron chi connectivity index (χ0n) is 29.0. The molecule has 0 aromatic heterocycles. The van der Waals surface area contributed by atoms with Gasteiger partial charge in [-0.25, -0.2) is 0 Å². The molecule has 44 heavy (non-hydrogen) atoms. The number of carbonyl (C=O) groups is 2. The standard InChI is InChI=1S/C33H65NO8S2/c1-9-13-39-15-17-41-22-28(36)24-43-19-11-27(21-32(4,5)6)31(38)33(7,8)34-30(26(3)35)12-20-44-25-29(37)23-42-18-16-40-14-10-2/h27-30,34,36-37H,9-25H2,1-8H3/t27-,28?,29?,30+/m1/s1. The van der Waals surface area contributed by atoms with Crippen molar-refractivity contribution in [1.29, 1.82) is 0 Å². The first kappa shape index (κ1) is 43.8. The molecule has 0 aromatic rings. The fourth-order valence-corrected chi connectivity index (χ4v) is 6.51. The van der Waals surface area contributed by atoms with Crippen LogP contribution in [0, 0.1) is 11.3 Å². The molecule has 0 radical (unpaired) electrons. The molecule has 0 saturated heterocycles. The largest absolute Gasteiger partial charge is 0.390 e. The van der Waals surface area contributed by atoms with Crippen molar-refractivity contribution in [2.24, 2.45) is 11.3 Å². The van der Waals surface area contributed by atoms with Gasteiger partial charge < -0.3 is 29.2 Å². The van der Waals surface area contributed by atoms with Crippen LogP contribution in [-0.2, 0) is 28.5 Å². The van der Waals surface area contributed by atoms with Gasteiger partial charge in [0.1, 0.15) is 5.78 Å². The van der Waals surface area contributed by atoms with E-state index in [1.54, 1.807) is 30.4 Å². The van der Waals surface area contributed by atoms with Crippen molar-refractivity contribution in [3.05, 3.63) is 0 Å². The summed E-state index contributed by atoms with van der Waals surface area (Å²) < 4.78 is 21.7. The SMILES string of the molecule is CCCOCCOCC(O)CSCC[C@H](CC(C)(C)C)C(=O)C(C)(C)N[C@@H](CCSCC(O)COCCOCCC)C(C)=O. The van der Waals surface area contributed by atoms with Gasteiger partial charge in [-0.2, -0.15) is 23.5 Å². The number of aliphatic hydroxyl groups excluding tert-OH is 2. The summed E-state index contributed by atoms with van der Waals surface area (Å²) in [6.45, 7) is 19.8. The van der Waals surface area contributed by atoms with Gasteiger partial charge in [-0.3, -0.25) is 14.9 Å². The third-order valence-electron chi connectivity index (χ3n) is 6.71. The molecule has 3 N–H and O–H groups in total. The van der Waals surface area contributed by atoms with Gasteiger partial charge in [-0.15, -0.1) is 0 Å². The highest BCUT2D eigenvalue weighted by Gasteiger charge is 2.37. The molecule has 9 nitrogen and oxygen atoms in total. The lowest BCUT2D eigenvalue weighted by Gasteiger charge is -2.35. The van der Waals surface area contributed by atoms with Crippen LogP contribution in [0.1, 0.15) is 87.5 Å². The van der Waals surface area contributed by atoms with Gasteiger partial charge >= 0.3 is 0 Å². The number of thioether (sulfide) groups is 2. The highest BCUT2D eigenvalue weighted by atomic mass is 32.2. The first-order valence-corrected chi connectivity index (χ1v) is 18.7. The first-order chi connectivity index (χ1) is 20.7. The van der Waals surface area contributed by atoms with Gasteiger partial charge in [0.15, 0.2) is 5.78 Å². The lowest BCUT2D eigenvalue weighted by atomic mass is 9.77. The first-order valence-electron chi connectivity index (χ1n) is 16.4. The minimum Gasteiger partial charge on any atom is -0.390 e. The summed E-state index contributed by atoms with van der Waals surface area (Å²) in [7, 11) is 0. The van der Waals surface area contributed by atoms with Gasteiger partial charge in [-0.1, -0.05) is 34.6 Å². The molecule has 0 rings (SSSR count). The monoisotopic (exact) mass is 667 g/mol. The molecule has 0 saturated carbocycles. The maximum Gasteiger partial charge on any atom is 0.155 e. The van der Waals surface area contributed by atoms with Crippen molar-refractivity contribution in [3.8, 4) is 0 Å². The minimum atomic E-state index is -0.873. The molecule has 0 aliphatic rings. The maximum absolute atomic E-state index is 13.9. The summed E-state index contributed by atoms with van der Waals surface area (Å²) in [5.41, 5.74) is -0.903. The second-order valence-electron chi connectivity index (χ2n) is 13.2. The molecule has 262 valence electrons. The molecule has 0 aliphatic carbocycles. The molecule has 0 heterocycles. The van der Waals surface area contributed by atoms with E-state index in [4.69, 9.17) is 18.9 Å². The Morgan fingerprint density at radius 2 is 1.18 bits per heavy atom. The molecule has 4 atom stereocenters. The Balaban J connectivity index is 4.75. The van der Waals surface area contributed by atoms with Crippen molar-refractivity contribution in [1.82, 2.24) is 5.32 Å². The summed E-state index contributed by atoms with van der Waals surface area (Å²) in [5.74, 6) is 2.44. The average molecular weight is 668 g/mol. The van der Waals surface area contributed by atoms with Gasteiger partial charge in [0, 0.05) is 30.6 Å². The Morgan fingerprint density at radius 3 is 1.61 bits per heavy atom. The quantitative estimate of drug-likeness (QED) is 0.0917. The third-order valence-corrected chi connectivity index (χ3v) is 9.00. The molecule has 0 bridgehead atoms. The molecule has 2 unspecified atom stereocenters. The van der Waals surface area contributed by atoms with Crippen molar-refractivity contribution in [2.75, 3.05) is 75.9 Å². The van der Waals surface area contributed by atoms with Crippen LogP contribution in [0.15, 0.2) is 0 Å². The van der Waals surface area contributed by atoms with E-state index >= 15 is 0 Å². The normalized spacial score (nSPS) is 15.2. The number of hydrogen-bond donors (Lipinski definition) is 3. The van der Waals surface area contributed by atoms with Crippen molar-refractivity contribution in [2.45, 2.75) is 111 Å². The Hall–Kier alpha value is -0.240. The molecular formula is C33H65NO8S2. The Kier molecular flexibility index (Phi) is 25.7. The van der Waals surface area contributed by atoms with Crippen LogP contribution in [0.2, 0.25) is 0 Å². The summed E-state index contributed by atoms with van der Waals surface area (Å²) in [6, 6.07) is -0.447. The van der Waals surface area contributed by atoms with Crippen molar-refractivity contribution >= 4 is 35.1 Å². The van der Waals surface area contributed by atoms with Crippen molar-refractivity contribution < 1.29 is 38.7 Å². The van der Waals surface area contributed by atoms with E-state index < -0.39 is 23.8 Å². The Labute approximate surface area is 277 Å². The van der Waals surface area contributed by atoms with Crippen LogP contribution in [0.5, 0.6) is 0 Å². The summed E-state index contributed by atoms with van der Waals surface area (Å²) in [6.07, 6.45) is 2.81. The van der Waals surface area contributed by atoms with Gasteiger partial charge in [0.25, 0.3) is 0 Å². The number of rotatable bonds is 30. The molecule has 0 aliphatic heterocycles. The molecule has 0 aromatic carbocycles. The number of carbonyl (C=O) groups excluding carboxylic acids is 2. The van der Waals surface area contributed by atoms with Crippen LogP contribution in [0.25, 0.3) is 0 Å². The van der Waals surface area contributed by atoms with Crippen LogP contribution >= 0.6 is 23.5 Å². The number of hydrogen-bond acceptors (Lipinski definition) is 11. The Bertz CT molecular complexity index is 735. The maximum atomic E-state index is 13.9. The Morgan fingerprint density at radius 1 is 0.727 bits per heavy atom. The fraction of sp³-hybridized carbons (Fsp3) is 0.939. The fourth-order valence-electron chi connectivity index (χ4n) is 4.59. The van der Waals surface area contributed by atoms with Crippen LogP contribution in [0.3, 0.4) is 0 Å². The van der Waals surface area contributed by atoms with Gasteiger partial charge in [0.2, 0.25) is 0 Å². The second-order valence-corrected chi connectivity index (χ2v) is 15.5. The third kappa shape index (κ3) is 24.0. The van der Waals surface area contributed by atoms with Gasteiger partial charge in [-0.05, 0) is 69.8 Å². The zero-order chi connectivity index (χ0) is 33.4. The van der Waals surface area contributed by atoms with Gasteiger partial charge in [0.05, 0.1) is 63.4 Å². The number of Topliss-reactive ketones (excluding diaryl/α,β-unsaturated/α-hetero) is 2. The van der Waals surface area contributed by atoms with E-state index in [0.29, 0.717) is 69.7 Å². The predicted molar refractivity (Wildman–Crippen MR) is 184 cm³/mol. The van der Waals surface area contributed by atoms with E-state index in [1.165, 1.54) is 0 Å². The van der Waals surface area contributed by atoms with E-state index in [2.05, 4.69) is 39.9 Å². The minimum absolute atomic E-state index is 0.00139. The van der Waals surface area contributed by atoms with E-state index in [1.807, 2.05) is 13.8 Å². The lowest BCUT2D eigenvalue weighted by molar-refractivity contribution is -0.130. The van der Waals surface area contributed by atoms with Crippen LogP contribution < -0.4 is 5.32 Å². The van der Waals surface area contributed by atoms with Crippen LogP contribution in [0.4, 0.5) is 0 Å². The van der Waals surface area contributed by atoms with Crippen LogP contribution in [-0.4, -0.2) is 121 Å². The predicted octanol–water partition coefficient (Wildman–Crippen LogP) is 4.79. The van der Waals surface area contributed by atoms with E-state index in [9.17, 15) is 19.8 Å². The lowest BCUT2D eigenvalue weighted by Crippen LogP contribution is -2.56. The summed E-state index contributed by atoms with van der Waals surface area (Å²) in [4.78, 5) is 26.4. The number of aliphatic hydroxyl groups is 2. The molecule has 11 heteroatoms. The molecular weight excluding hydrogens is 602 g/mol. The number of ether oxygens (including phenoxy) is 4. The zero-order valence-corrected chi connectivity index (χ0v) is 30.6. The average Bonchev–Trinajstić information content (AvgIpc) is 2.94.